The van der Waals surface area contributed by atoms with Gasteiger partial charge in [0, 0.05) is 12.1 Å². The van der Waals surface area contributed by atoms with Crippen LogP contribution in [0, 0.1) is 12.8 Å². The maximum atomic E-state index is 14.1. The molecular weight excluding hydrogens is 506 g/mol. The fraction of sp³-hybridized carbons (Fsp3) is 0.344. The number of hydrogen-bond donors (Lipinski definition) is 1. The van der Waals surface area contributed by atoms with Gasteiger partial charge in [0.25, 0.3) is 5.56 Å². The van der Waals surface area contributed by atoms with Gasteiger partial charge in [-0.05, 0) is 49.9 Å². The van der Waals surface area contributed by atoms with Crippen molar-refractivity contribution in [3.63, 3.8) is 0 Å². The highest BCUT2D eigenvalue weighted by molar-refractivity contribution is 6.35. The number of halogens is 1. The molecule has 0 bridgehead atoms. The highest BCUT2D eigenvalue weighted by Crippen LogP contribution is 2.34. The van der Waals surface area contributed by atoms with E-state index in [0.29, 0.717) is 29.0 Å². The number of fused-ring (bicyclic) bond motifs is 1. The Kier molecular flexibility index (Phi) is 8.15. The molecule has 2 atom stereocenters. The Labute approximate surface area is 235 Å². The van der Waals surface area contributed by atoms with Crippen molar-refractivity contribution in [2.75, 3.05) is 13.1 Å². The van der Waals surface area contributed by atoms with Gasteiger partial charge in [-0.2, -0.15) is 0 Å². The Morgan fingerprint density at radius 3 is 2.46 bits per heavy atom. The van der Waals surface area contributed by atoms with Crippen molar-refractivity contribution in [1.82, 2.24) is 14.5 Å². The Balaban J connectivity index is 1.69. The lowest BCUT2D eigenvalue weighted by Crippen LogP contribution is -2.41. The number of aromatic nitrogens is 2. The molecule has 1 aromatic heterocycles. The maximum Gasteiger partial charge on any atom is 0.263 e. The number of benzene rings is 3. The van der Waals surface area contributed by atoms with Gasteiger partial charge in [0.05, 0.1) is 34.6 Å². The fourth-order valence-electron chi connectivity index (χ4n) is 5.48. The van der Waals surface area contributed by atoms with Crippen molar-refractivity contribution in [2.24, 2.45) is 16.6 Å². The molecule has 4 aromatic rings. The molecule has 202 valence electrons. The molecule has 5 rings (SSSR count). The molecule has 6 nitrogen and oxygen atoms in total. The summed E-state index contributed by atoms with van der Waals surface area (Å²) in [6, 6.07) is 24.0. The third-order valence-electron chi connectivity index (χ3n) is 7.41. The number of hydrogen-bond acceptors (Lipinski definition) is 5. The fourth-order valence-corrected chi connectivity index (χ4v) is 5.73. The van der Waals surface area contributed by atoms with Crippen LogP contribution in [0.1, 0.15) is 55.2 Å². The van der Waals surface area contributed by atoms with Crippen molar-refractivity contribution in [2.45, 2.75) is 52.2 Å². The minimum Gasteiger partial charge on any atom is -0.344 e. The molecule has 0 saturated carbocycles. The maximum absolute atomic E-state index is 14.1. The van der Waals surface area contributed by atoms with Crippen molar-refractivity contribution >= 4 is 28.3 Å². The van der Waals surface area contributed by atoms with Crippen LogP contribution in [0.15, 0.2) is 82.6 Å². The zero-order chi connectivity index (χ0) is 27.5. The first-order valence-corrected chi connectivity index (χ1v) is 14.1. The molecule has 0 saturated heterocycles. The van der Waals surface area contributed by atoms with E-state index < -0.39 is 0 Å². The van der Waals surface area contributed by atoms with Crippen LogP contribution in [-0.2, 0) is 6.54 Å². The van der Waals surface area contributed by atoms with Crippen molar-refractivity contribution in [1.29, 1.82) is 0 Å². The summed E-state index contributed by atoms with van der Waals surface area (Å²) in [7, 11) is 0. The molecule has 0 amide bonds. The Bertz CT molecular complexity index is 1530. The van der Waals surface area contributed by atoms with Crippen LogP contribution < -0.4 is 11.3 Å². The zero-order valence-corrected chi connectivity index (χ0v) is 23.6. The molecule has 0 aliphatic carbocycles. The smallest absolute Gasteiger partial charge is 0.263 e. The molecule has 0 unspecified atom stereocenters. The van der Waals surface area contributed by atoms with Gasteiger partial charge >= 0.3 is 0 Å². The number of aliphatic imine (C=N–C) groups is 1. The number of aryl methyl sites for hydroxylation is 1. The van der Waals surface area contributed by atoms with Gasteiger partial charge in [0.15, 0.2) is 0 Å². The van der Waals surface area contributed by atoms with Gasteiger partial charge in [-0.3, -0.25) is 14.4 Å². The van der Waals surface area contributed by atoms with Crippen LogP contribution in [0.2, 0.25) is 5.02 Å². The normalized spacial score (nSPS) is 16.2. The van der Waals surface area contributed by atoms with Gasteiger partial charge in [0.1, 0.15) is 11.7 Å². The molecule has 1 aliphatic rings. The van der Waals surface area contributed by atoms with Crippen molar-refractivity contribution < 1.29 is 0 Å². The number of rotatable bonds is 9. The summed E-state index contributed by atoms with van der Waals surface area (Å²) in [5.74, 6) is 1.83. The Hall–Kier alpha value is -3.48. The minimum atomic E-state index is -0.173. The molecular formula is C32H36ClN5O. The lowest BCUT2D eigenvalue weighted by atomic mass is 9.98. The summed E-state index contributed by atoms with van der Waals surface area (Å²) in [6.07, 6.45) is 1.84. The predicted octanol–water partition coefficient (Wildman–Crippen LogP) is 5.97. The molecule has 0 fully saturated rings. The van der Waals surface area contributed by atoms with E-state index >= 15 is 0 Å². The Morgan fingerprint density at radius 1 is 1.03 bits per heavy atom. The molecule has 0 spiro atoms. The van der Waals surface area contributed by atoms with Gasteiger partial charge in [-0.15, -0.1) is 0 Å². The van der Waals surface area contributed by atoms with Gasteiger partial charge in [-0.25, -0.2) is 4.98 Å². The molecule has 2 N–H and O–H groups in total. The van der Waals surface area contributed by atoms with Crippen LogP contribution in [0.25, 0.3) is 10.9 Å². The largest absolute Gasteiger partial charge is 0.344 e. The summed E-state index contributed by atoms with van der Waals surface area (Å²) in [5.41, 5.74) is 9.66. The first kappa shape index (κ1) is 27.1. The van der Waals surface area contributed by atoms with Crippen molar-refractivity contribution in [3.8, 4) is 0 Å². The van der Waals surface area contributed by atoms with Gasteiger partial charge in [-0.1, -0.05) is 91.7 Å². The van der Waals surface area contributed by atoms with Crippen LogP contribution >= 0.6 is 11.6 Å². The van der Waals surface area contributed by atoms with Crippen molar-refractivity contribution in [3.05, 3.63) is 111 Å². The van der Waals surface area contributed by atoms with E-state index in [2.05, 4.69) is 49.9 Å². The third-order valence-corrected chi connectivity index (χ3v) is 7.73. The second kappa shape index (κ2) is 11.7. The molecule has 7 heteroatoms. The third kappa shape index (κ3) is 5.63. The first-order valence-electron chi connectivity index (χ1n) is 13.7. The highest BCUT2D eigenvalue weighted by Gasteiger charge is 2.36. The van der Waals surface area contributed by atoms with E-state index in [1.54, 1.807) is 6.07 Å². The lowest BCUT2D eigenvalue weighted by molar-refractivity contribution is 0.238. The van der Waals surface area contributed by atoms with E-state index in [-0.39, 0.29) is 23.6 Å². The summed E-state index contributed by atoms with van der Waals surface area (Å²) >= 11 is 6.55. The van der Waals surface area contributed by atoms with Crippen LogP contribution in [0.4, 0.5) is 0 Å². The van der Waals surface area contributed by atoms with E-state index in [1.165, 1.54) is 5.56 Å². The van der Waals surface area contributed by atoms with E-state index in [4.69, 9.17) is 27.3 Å². The minimum absolute atomic E-state index is 0.122. The lowest BCUT2D eigenvalue weighted by Gasteiger charge is -2.35. The monoisotopic (exact) mass is 541 g/mol. The number of nitrogens with zero attached hydrogens (tertiary/aromatic N) is 4. The SMILES string of the molecule is Cc1ccc(C2=N[C@@H](CCCN)CN2[C@@H](c2nc3cccc(Cl)c3c(=O)n2Cc2ccccc2)C(C)C)cc1. The average Bonchev–Trinajstić information content (AvgIpc) is 3.34. The second-order valence-electron chi connectivity index (χ2n) is 10.7. The molecule has 0 radical (unpaired) electrons. The standard InChI is InChI=1S/C32H36ClN5O/c1-21(2)29(37-20-25(11-8-18-34)35-30(37)24-16-14-22(3)15-17-24)31-36-27-13-7-12-26(33)28(27)32(39)38(31)19-23-9-5-4-6-10-23/h4-7,9-10,12-17,21,25,29H,8,11,18-20,34H2,1-3H3/t25-,29+/m0/s1. The summed E-state index contributed by atoms with van der Waals surface area (Å²) in [5, 5.41) is 0.875. The zero-order valence-electron chi connectivity index (χ0n) is 22.8. The molecule has 3 aromatic carbocycles. The second-order valence-corrected chi connectivity index (χ2v) is 11.1. The van der Waals surface area contributed by atoms with E-state index in [1.807, 2.05) is 47.0 Å². The van der Waals surface area contributed by atoms with Crippen LogP contribution in [0.3, 0.4) is 0 Å². The molecule has 1 aliphatic heterocycles. The topological polar surface area (TPSA) is 76.5 Å². The van der Waals surface area contributed by atoms with Crippen LogP contribution in [0.5, 0.6) is 0 Å². The summed E-state index contributed by atoms with van der Waals surface area (Å²) < 4.78 is 1.81. The van der Waals surface area contributed by atoms with Gasteiger partial charge in [0.2, 0.25) is 0 Å². The number of amidine groups is 1. The van der Waals surface area contributed by atoms with E-state index in [9.17, 15) is 4.79 Å². The first-order chi connectivity index (χ1) is 18.9. The average molecular weight is 542 g/mol. The predicted molar refractivity (Wildman–Crippen MR) is 161 cm³/mol. The quantitative estimate of drug-likeness (QED) is 0.283. The van der Waals surface area contributed by atoms with Gasteiger partial charge < -0.3 is 10.6 Å². The summed E-state index contributed by atoms with van der Waals surface area (Å²) in [4.78, 5) is 26.8. The summed E-state index contributed by atoms with van der Waals surface area (Å²) in [6.45, 7) is 8.26. The van der Waals surface area contributed by atoms with E-state index in [0.717, 1.165) is 42.2 Å². The van der Waals surface area contributed by atoms with Crippen LogP contribution in [-0.4, -0.2) is 39.4 Å². The molecule has 2 heterocycles. The molecule has 39 heavy (non-hydrogen) atoms. The highest BCUT2D eigenvalue weighted by atomic mass is 35.5. The number of nitrogens with two attached hydrogens (primary N) is 1. The Morgan fingerprint density at radius 2 is 1.77 bits per heavy atom.